The number of carbonyl (C=O) groups is 1. The van der Waals surface area contributed by atoms with Crippen LogP contribution in [-0.4, -0.2) is 26.0 Å². The highest BCUT2D eigenvalue weighted by Gasteiger charge is 2.14. The Bertz CT molecular complexity index is 652. The summed E-state index contributed by atoms with van der Waals surface area (Å²) in [7, 11) is 0. The van der Waals surface area contributed by atoms with Crippen LogP contribution in [0.4, 0.5) is 5.69 Å². The van der Waals surface area contributed by atoms with Crippen LogP contribution < -0.4 is 16.0 Å². The summed E-state index contributed by atoms with van der Waals surface area (Å²) in [6, 6.07) is 1.26. The molecular formula is C10H8N4O4. The highest BCUT2D eigenvalue weighted by atomic mass is 16.5. The van der Waals surface area contributed by atoms with Gasteiger partial charge >= 0.3 is 5.97 Å². The van der Waals surface area contributed by atoms with Gasteiger partial charge in [-0.05, 0) is 6.07 Å². The number of H-pyrrole nitrogens is 1. The van der Waals surface area contributed by atoms with Crippen LogP contribution in [0.1, 0.15) is 10.4 Å². The van der Waals surface area contributed by atoms with Crippen molar-refractivity contribution in [2.24, 2.45) is 0 Å². The van der Waals surface area contributed by atoms with Crippen molar-refractivity contribution in [3.8, 4) is 11.6 Å². The molecule has 0 aliphatic carbocycles. The molecule has 0 spiro atoms. The first-order chi connectivity index (χ1) is 8.59. The summed E-state index contributed by atoms with van der Waals surface area (Å²) < 4.78 is 5.18. The number of aromatic amines is 1. The molecule has 0 saturated heterocycles. The summed E-state index contributed by atoms with van der Waals surface area (Å²) in [5.41, 5.74) is 4.55. The minimum atomic E-state index is -1.18. The largest absolute Gasteiger partial charge is 0.478 e. The predicted molar refractivity (Wildman–Crippen MR) is 60.5 cm³/mol. The molecule has 0 bridgehead atoms. The van der Waals surface area contributed by atoms with Gasteiger partial charge in [-0.2, -0.15) is 0 Å². The normalized spacial score (nSPS) is 10.0. The van der Waals surface area contributed by atoms with E-state index in [1.54, 1.807) is 0 Å². The van der Waals surface area contributed by atoms with E-state index in [1.807, 2.05) is 0 Å². The van der Waals surface area contributed by atoms with Gasteiger partial charge in [0.2, 0.25) is 5.88 Å². The van der Waals surface area contributed by atoms with Gasteiger partial charge in [-0.25, -0.2) is 9.78 Å². The van der Waals surface area contributed by atoms with Crippen molar-refractivity contribution in [2.45, 2.75) is 0 Å². The van der Waals surface area contributed by atoms with Crippen molar-refractivity contribution in [2.75, 3.05) is 5.73 Å². The number of nitrogens with zero attached hydrogens (tertiary/aromatic N) is 2. The average molecular weight is 248 g/mol. The highest BCUT2D eigenvalue weighted by Crippen LogP contribution is 2.24. The molecule has 0 fully saturated rings. The third-order valence-electron chi connectivity index (χ3n) is 2.07. The van der Waals surface area contributed by atoms with E-state index in [2.05, 4.69) is 15.0 Å². The standard InChI is InChI=1S/C10H8N4O4/c11-7-8(15)13-4-14-9(7)18-6-3-12-2-1-5(6)10(16)17/h1-4H,11H2,(H,16,17)(H,13,14,15). The summed E-state index contributed by atoms with van der Waals surface area (Å²) in [5, 5.41) is 8.94. The number of rotatable bonds is 3. The van der Waals surface area contributed by atoms with Gasteiger partial charge in [-0.15, -0.1) is 0 Å². The van der Waals surface area contributed by atoms with E-state index >= 15 is 0 Å². The summed E-state index contributed by atoms with van der Waals surface area (Å²) in [4.78, 5) is 31.9. The Hall–Kier alpha value is -2.90. The smallest absolute Gasteiger partial charge is 0.339 e. The van der Waals surface area contributed by atoms with Gasteiger partial charge in [-0.1, -0.05) is 0 Å². The predicted octanol–water partition coefficient (Wildman–Crippen LogP) is 0.238. The quantitative estimate of drug-likeness (QED) is 0.708. The Morgan fingerprint density at radius 2 is 2.28 bits per heavy atom. The van der Waals surface area contributed by atoms with Crippen molar-refractivity contribution >= 4 is 11.7 Å². The molecule has 2 aromatic rings. The third-order valence-corrected chi connectivity index (χ3v) is 2.07. The van der Waals surface area contributed by atoms with Gasteiger partial charge in [0.1, 0.15) is 5.56 Å². The van der Waals surface area contributed by atoms with E-state index in [4.69, 9.17) is 15.6 Å². The number of ether oxygens (including phenoxy) is 1. The number of anilines is 1. The number of nitrogens with two attached hydrogens (primary N) is 1. The number of hydrogen-bond acceptors (Lipinski definition) is 6. The average Bonchev–Trinajstić information content (AvgIpc) is 2.35. The van der Waals surface area contributed by atoms with Gasteiger partial charge in [-0.3, -0.25) is 9.78 Å². The van der Waals surface area contributed by atoms with Crippen LogP contribution in [0, 0.1) is 0 Å². The lowest BCUT2D eigenvalue weighted by molar-refractivity contribution is 0.0694. The molecule has 0 unspecified atom stereocenters. The monoisotopic (exact) mass is 248 g/mol. The van der Waals surface area contributed by atoms with Gasteiger partial charge in [0.05, 0.1) is 12.5 Å². The molecule has 8 nitrogen and oxygen atoms in total. The zero-order chi connectivity index (χ0) is 13.1. The first-order valence-electron chi connectivity index (χ1n) is 4.78. The van der Waals surface area contributed by atoms with Gasteiger partial charge < -0.3 is 20.6 Å². The van der Waals surface area contributed by atoms with E-state index in [9.17, 15) is 9.59 Å². The molecule has 2 aromatic heterocycles. The molecule has 18 heavy (non-hydrogen) atoms. The Balaban J connectivity index is 2.43. The second-order valence-corrected chi connectivity index (χ2v) is 3.23. The lowest BCUT2D eigenvalue weighted by Crippen LogP contribution is -2.13. The molecule has 0 saturated carbocycles. The van der Waals surface area contributed by atoms with Crippen LogP contribution in [0.25, 0.3) is 0 Å². The fourth-order valence-corrected chi connectivity index (χ4v) is 1.22. The van der Waals surface area contributed by atoms with Crippen molar-refractivity contribution in [1.82, 2.24) is 15.0 Å². The second kappa shape index (κ2) is 4.53. The van der Waals surface area contributed by atoms with Crippen molar-refractivity contribution in [1.29, 1.82) is 0 Å². The molecule has 2 rings (SSSR count). The van der Waals surface area contributed by atoms with E-state index < -0.39 is 11.5 Å². The van der Waals surface area contributed by atoms with Gasteiger partial charge in [0, 0.05) is 6.20 Å². The van der Waals surface area contributed by atoms with Crippen molar-refractivity contribution in [3.05, 3.63) is 40.7 Å². The number of nitrogen functional groups attached to an aromatic ring is 1. The Morgan fingerprint density at radius 1 is 1.50 bits per heavy atom. The van der Waals surface area contributed by atoms with Crippen LogP contribution in [0.3, 0.4) is 0 Å². The summed E-state index contributed by atoms with van der Waals surface area (Å²) in [6.07, 6.45) is 3.61. The lowest BCUT2D eigenvalue weighted by atomic mass is 10.2. The maximum atomic E-state index is 11.2. The number of aromatic nitrogens is 3. The molecule has 0 aromatic carbocycles. The van der Waals surface area contributed by atoms with E-state index in [0.717, 1.165) is 6.33 Å². The lowest BCUT2D eigenvalue weighted by Gasteiger charge is -2.07. The highest BCUT2D eigenvalue weighted by molar-refractivity contribution is 5.90. The zero-order valence-electron chi connectivity index (χ0n) is 8.95. The topological polar surface area (TPSA) is 131 Å². The molecule has 92 valence electrons. The first-order valence-corrected chi connectivity index (χ1v) is 4.78. The molecule has 0 atom stereocenters. The molecule has 0 aliphatic heterocycles. The van der Waals surface area contributed by atoms with Crippen molar-refractivity contribution in [3.63, 3.8) is 0 Å². The zero-order valence-corrected chi connectivity index (χ0v) is 8.95. The van der Waals surface area contributed by atoms with Crippen LogP contribution in [0.5, 0.6) is 11.6 Å². The molecule has 0 radical (unpaired) electrons. The summed E-state index contributed by atoms with van der Waals surface area (Å²) in [5.74, 6) is -1.40. The maximum Gasteiger partial charge on any atom is 0.339 e. The Kier molecular flexibility index (Phi) is 2.92. The third kappa shape index (κ3) is 2.12. The summed E-state index contributed by atoms with van der Waals surface area (Å²) >= 11 is 0. The van der Waals surface area contributed by atoms with E-state index in [1.165, 1.54) is 18.5 Å². The molecule has 8 heteroatoms. The SMILES string of the molecule is Nc1c(Oc2cnccc2C(=O)O)nc[nH]c1=O. The molecule has 4 N–H and O–H groups in total. The van der Waals surface area contributed by atoms with Crippen LogP contribution >= 0.6 is 0 Å². The van der Waals surface area contributed by atoms with Gasteiger partial charge in [0.15, 0.2) is 11.4 Å². The Morgan fingerprint density at radius 3 is 3.00 bits per heavy atom. The van der Waals surface area contributed by atoms with Gasteiger partial charge in [0.25, 0.3) is 5.56 Å². The maximum absolute atomic E-state index is 11.2. The fraction of sp³-hybridized carbons (Fsp3) is 0. The van der Waals surface area contributed by atoms with Crippen molar-refractivity contribution < 1.29 is 14.6 Å². The molecule has 0 amide bonds. The van der Waals surface area contributed by atoms with E-state index in [0.29, 0.717) is 0 Å². The molecule has 0 aliphatic rings. The number of nitrogens with one attached hydrogen (secondary N) is 1. The first kappa shape index (κ1) is 11.6. The van der Waals surface area contributed by atoms with Crippen LogP contribution in [0.2, 0.25) is 0 Å². The van der Waals surface area contributed by atoms with E-state index in [-0.39, 0.29) is 22.9 Å². The summed E-state index contributed by atoms with van der Waals surface area (Å²) in [6.45, 7) is 0. The number of hydrogen-bond donors (Lipinski definition) is 3. The fourth-order valence-electron chi connectivity index (χ4n) is 1.22. The second-order valence-electron chi connectivity index (χ2n) is 3.23. The number of carboxylic acids is 1. The molecule has 2 heterocycles. The van der Waals surface area contributed by atoms with Crippen LogP contribution in [-0.2, 0) is 0 Å². The number of carboxylic acid groups (broad SMARTS) is 1. The minimum Gasteiger partial charge on any atom is -0.478 e. The number of aromatic carboxylic acids is 1. The van der Waals surface area contributed by atoms with Crippen LogP contribution in [0.15, 0.2) is 29.6 Å². The molecular weight excluding hydrogens is 240 g/mol. The number of pyridine rings is 1. The minimum absolute atomic E-state index is 0.0465. The Labute approximate surface area is 100 Å².